The van der Waals surface area contributed by atoms with Gasteiger partial charge in [-0.15, -0.1) is 0 Å². The molecule has 1 amide bonds. The van der Waals surface area contributed by atoms with Gasteiger partial charge in [-0.05, 0) is 60.4 Å². The van der Waals surface area contributed by atoms with Crippen LogP contribution in [0.4, 0.5) is 4.39 Å². The van der Waals surface area contributed by atoms with E-state index < -0.39 is 17.2 Å². The number of pyridine rings is 1. The fourth-order valence-corrected chi connectivity index (χ4v) is 5.89. The Morgan fingerprint density at radius 3 is 2.66 bits per heavy atom. The molecule has 0 unspecified atom stereocenters. The van der Waals surface area contributed by atoms with Gasteiger partial charge in [-0.2, -0.15) is 5.26 Å². The maximum atomic E-state index is 13.3. The molecule has 0 aliphatic carbocycles. The standard InChI is InChI=1S/C29H22FN3O6S2/c1-16-20(13-31)26(35)33(14-18-6-9-22-23(11-18)39-15-38-22)28(37)25(16)21(34)3-2-10-32-27(36)24(41-29(32)40)12-17-4-7-19(30)8-5-17/h4-9,11-12,37H,2-3,10,14-15H2,1H3/b24-12-. The van der Waals surface area contributed by atoms with Gasteiger partial charge in [0.1, 0.15) is 21.8 Å². The smallest absolute Gasteiger partial charge is 0.271 e. The van der Waals surface area contributed by atoms with Gasteiger partial charge < -0.3 is 14.6 Å². The van der Waals surface area contributed by atoms with Gasteiger partial charge in [0.15, 0.2) is 17.3 Å². The van der Waals surface area contributed by atoms with Crippen molar-refractivity contribution in [3.8, 4) is 23.4 Å². The summed E-state index contributed by atoms with van der Waals surface area (Å²) in [5.74, 6) is -0.687. The number of ketones is 1. The van der Waals surface area contributed by atoms with E-state index in [2.05, 4.69) is 0 Å². The van der Waals surface area contributed by atoms with Crippen molar-refractivity contribution < 1.29 is 28.6 Å². The summed E-state index contributed by atoms with van der Waals surface area (Å²) in [6, 6.07) is 12.6. The number of halogens is 1. The predicted molar refractivity (Wildman–Crippen MR) is 153 cm³/mol. The van der Waals surface area contributed by atoms with Crippen molar-refractivity contribution in [3.05, 3.63) is 91.4 Å². The second-order valence-electron chi connectivity index (χ2n) is 9.30. The number of Topliss-reactive ketones (excluding diaryl/α,β-unsaturated/α-hetero) is 1. The van der Waals surface area contributed by atoms with E-state index in [4.69, 9.17) is 21.7 Å². The fraction of sp³-hybridized carbons (Fsp3) is 0.207. The highest BCUT2D eigenvalue weighted by molar-refractivity contribution is 8.26. The Morgan fingerprint density at radius 1 is 1.20 bits per heavy atom. The second-order valence-corrected chi connectivity index (χ2v) is 11.0. The predicted octanol–water partition coefficient (Wildman–Crippen LogP) is 4.51. The molecule has 0 bridgehead atoms. The van der Waals surface area contributed by atoms with Crippen molar-refractivity contribution in [1.29, 1.82) is 5.26 Å². The Labute approximate surface area is 243 Å². The van der Waals surface area contributed by atoms with Gasteiger partial charge >= 0.3 is 0 Å². The Hall–Kier alpha value is -4.47. The number of aromatic nitrogens is 1. The summed E-state index contributed by atoms with van der Waals surface area (Å²) >= 11 is 6.47. The third kappa shape index (κ3) is 5.59. The Bertz CT molecular complexity index is 1730. The van der Waals surface area contributed by atoms with Crippen molar-refractivity contribution in [2.75, 3.05) is 13.3 Å². The molecule has 5 rings (SSSR count). The van der Waals surface area contributed by atoms with Crippen LogP contribution >= 0.6 is 24.0 Å². The van der Waals surface area contributed by atoms with Gasteiger partial charge in [0.05, 0.1) is 17.0 Å². The lowest BCUT2D eigenvalue weighted by Crippen LogP contribution is -2.30. The molecule has 3 aromatic rings. The lowest BCUT2D eigenvalue weighted by atomic mass is 9.99. The number of amides is 1. The monoisotopic (exact) mass is 591 g/mol. The average molecular weight is 592 g/mol. The van der Waals surface area contributed by atoms with Crippen LogP contribution in [0, 0.1) is 24.1 Å². The number of benzene rings is 2. The molecule has 12 heteroatoms. The number of carbonyl (C=O) groups excluding carboxylic acids is 2. The van der Waals surface area contributed by atoms with Gasteiger partial charge in [-0.1, -0.05) is 42.2 Å². The van der Waals surface area contributed by atoms with Crippen LogP contribution in [-0.4, -0.2) is 43.9 Å². The molecule has 1 aromatic heterocycles. The van der Waals surface area contributed by atoms with Crippen LogP contribution in [0.15, 0.2) is 52.2 Å². The minimum absolute atomic E-state index is 0.0734. The van der Waals surface area contributed by atoms with E-state index in [-0.39, 0.29) is 61.1 Å². The number of aromatic hydroxyl groups is 1. The van der Waals surface area contributed by atoms with E-state index in [1.54, 1.807) is 36.4 Å². The summed E-state index contributed by atoms with van der Waals surface area (Å²) in [5.41, 5.74) is 0.258. The number of rotatable bonds is 8. The number of nitriles is 1. The number of thiocarbonyl (C=S) groups is 1. The van der Waals surface area contributed by atoms with E-state index in [0.29, 0.717) is 31.9 Å². The first-order valence-electron chi connectivity index (χ1n) is 12.5. The summed E-state index contributed by atoms with van der Waals surface area (Å²) in [7, 11) is 0. The molecule has 9 nitrogen and oxygen atoms in total. The van der Waals surface area contributed by atoms with Crippen molar-refractivity contribution >= 4 is 46.1 Å². The van der Waals surface area contributed by atoms with Crippen LogP contribution in [0.25, 0.3) is 6.08 Å². The minimum Gasteiger partial charge on any atom is -0.494 e. The number of thioether (sulfide) groups is 1. The second kappa shape index (κ2) is 11.6. The number of fused-ring (bicyclic) bond motifs is 1. The number of ether oxygens (including phenoxy) is 2. The van der Waals surface area contributed by atoms with Gasteiger partial charge in [0, 0.05) is 13.0 Å². The zero-order valence-corrected chi connectivity index (χ0v) is 23.3. The molecule has 0 saturated carbocycles. The summed E-state index contributed by atoms with van der Waals surface area (Å²) in [6.07, 6.45) is 1.77. The molecule has 1 N–H and O–H groups in total. The molecule has 1 fully saturated rings. The van der Waals surface area contributed by atoms with Gasteiger partial charge in [0.2, 0.25) is 12.7 Å². The largest absolute Gasteiger partial charge is 0.494 e. The maximum absolute atomic E-state index is 13.3. The Kier molecular flexibility index (Phi) is 7.92. The van der Waals surface area contributed by atoms with Crippen LogP contribution in [0.2, 0.25) is 0 Å². The van der Waals surface area contributed by atoms with Crippen molar-refractivity contribution in [2.45, 2.75) is 26.3 Å². The molecular formula is C29H22FN3O6S2. The van der Waals surface area contributed by atoms with Crippen LogP contribution in [0.5, 0.6) is 17.4 Å². The first-order valence-corrected chi connectivity index (χ1v) is 13.7. The van der Waals surface area contributed by atoms with Crippen LogP contribution in [0.1, 0.15) is 45.5 Å². The molecule has 2 aromatic carbocycles. The molecular weight excluding hydrogens is 569 g/mol. The van der Waals surface area contributed by atoms with Crippen molar-refractivity contribution in [2.24, 2.45) is 0 Å². The lowest BCUT2D eigenvalue weighted by molar-refractivity contribution is -0.122. The Morgan fingerprint density at radius 2 is 1.93 bits per heavy atom. The average Bonchev–Trinajstić information content (AvgIpc) is 3.52. The zero-order valence-electron chi connectivity index (χ0n) is 21.7. The molecule has 3 heterocycles. The molecule has 0 radical (unpaired) electrons. The summed E-state index contributed by atoms with van der Waals surface area (Å²) < 4.78 is 25.2. The number of hydrogen-bond donors (Lipinski definition) is 1. The highest BCUT2D eigenvalue weighted by Gasteiger charge is 2.32. The first-order chi connectivity index (χ1) is 19.7. The van der Waals surface area contributed by atoms with Crippen LogP contribution in [-0.2, 0) is 11.3 Å². The molecule has 2 aliphatic heterocycles. The fourth-order valence-electron chi connectivity index (χ4n) is 4.58. The summed E-state index contributed by atoms with van der Waals surface area (Å²) in [4.78, 5) is 41.0. The summed E-state index contributed by atoms with van der Waals surface area (Å²) in [6.45, 7) is 1.57. The Balaban J connectivity index is 1.32. The van der Waals surface area contributed by atoms with E-state index in [1.807, 2.05) is 6.07 Å². The minimum atomic E-state index is -0.720. The van der Waals surface area contributed by atoms with E-state index in [0.717, 1.165) is 16.3 Å². The third-order valence-electron chi connectivity index (χ3n) is 6.68. The highest BCUT2D eigenvalue weighted by Crippen LogP contribution is 2.34. The highest BCUT2D eigenvalue weighted by atomic mass is 32.2. The van der Waals surface area contributed by atoms with Gasteiger partial charge in [-0.25, -0.2) is 4.39 Å². The number of nitrogens with zero attached hydrogens (tertiary/aromatic N) is 3. The number of hydrogen-bond acceptors (Lipinski definition) is 9. The molecule has 1 saturated heterocycles. The van der Waals surface area contributed by atoms with E-state index in [9.17, 15) is 29.1 Å². The molecule has 2 aliphatic rings. The SMILES string of the molecule is Cc1c(C(=O)CCCN2C(=O)/C(=C/c3ccc(F)cc3)SC2=S)c(O)n(Cc2ccc3c(c2)OCO3)c(=O)c1C#N. The topological polar surface area (TPSA) is 122 Å². The van der Waals surface area contributed by atoms with Crippen LogP contribution < -0.4 is 15.0 Å². The third-order valence-corrected chi connectivity index (χ3v) is 8.06. The number of carbonyl (C=O) groups is 2. The van der Waals surface area contributed by atoms with Gasteiger partial charge in [0.25, 0.3) is 11.5 Å². The van der Waals surface area contributed by atoms with Gasteiger partial charge in [-0.3, -0.25) is 23.9 Å². The van der Waals surface area contributed by atoms with Crippen molar-refractivity contribution in [1.82, 2.24) is 9.47 Å². The lowest BCUT2D eigenvalue weighted by Gasteiger charge is -2.17. The normalized spacial score (nSPS) is 15.0. The molecule has 41 heavy (non-hydrogen) atoms. The zero-order chi connectivity index (χ0) is 29.3. The van der Waals surface area contributed by atoms with Crippen molar-refractivity contribution in [3.63, 3.8) is 0 Å². The maximum Gasteiger partial charge on any atom is 0.271 e. The molecule has 0 spiro atoms. The quantitative estimate of drug-likeness (QED) is 0.229. The van der Waals surface area contributed by atoms with Crippen LogP contribution in [0.3, 0.4) is 0 Å². The van der Waals surface area contributed by atoms with E-state index >= 15 is 0 Å². The molecule has 208 valence electrons. The first kappa shape index (κ1) is 28.1. The van der Waals surface area contributed by atoms with E-state index in [1.165, 1.54) is 24.0 Å². The summed E-state index contributed by atoms with van der Waals surface area (Å²) in [5, 5.41) is 20.7. The molecule has 0 atom stereocenters.